The molecule has 1 N–H and O–H groups in total. The van der Waals surface area contributed by atoms with Gasteiger partial charge in [-0.3, -0.25) is 4.21 Å². The van der Waals surface area contributed by atoms with Crippen molar-refractivity contribution in [2.24, 2.45) is 0 Å². The lowest BCUT2D eigenvalue weighted by atomic mass is 9.88. The molecule has 0 spiro atoms. The number of aliphatic hydroxyl groups is 1. The maximum absolute atomic E-state index is 12.3. The van der Waals surface area contributed by atoms with E-state index >= 15 is 0 Å². The molecule has 0 fully saturated rings. The summed E-state index contributed by atoms with van der Waals surface area (Å²) < 4.78 is 12.3. The molecule has 1 unspecified atom stereocenters. The molecule has 2 rings (SSSR count). The minimum atomic E-state index is -1.19. The number of benzene rings is 2. The highest BCUT2D eigenvalue weighted by molar-refractivity contribution is 7.85. The van der Waals surface area contributed by atoms with Gasteiger partial charge in [0.05, 0.1) is 5.75 Å². The van der Waals surface area contributed by atoms with Crippen LogP contribution >= 0.6 is 0 Å². The van der Waals surface area contributed by atoms with Gasteiger partial charge in [0.1, 0.15) is 5.60 Å². The summed E-state index contributed by atoms with van der Waals surface area (Å²) in [7, 11) is -1.04. The van der Waals surface area contributed by atoms with Crippen LogP contribution in [0.4, 0.5) is 0 Å². The number of rotatable bonds is 7. The van der Waals surface area contributed by atoms with E-state index in [4.69, 9.17) is 0 Å². The van der Waals surface area contributed by atoms with Gasteiger partial charge in [-0.2, -0.15) is 0 Å². The van der Waals surface area contributed by atoms with Gasteiger partial charge in [-0.25, -0.2) is 0 Å². The SMILES string of the molecule is CCCCS(=O)CC(O)(c1ccccc1)c1ccccc1. The normalized spacial score (nSPS) is 13.0. The van der Waals surface area contributed by atoms with Crippen LogP contribution in [-0.2, 0) is 16.4 Å². The molecular weight excluding hydrogens is 280 g/mol. The first-order valence-electron chi connectivity index (χ1n) is 7.35. The summed E-state index contributed by atoms with van der Waals surface area (Å²) in [4.78, 5) is 0. The monoisotopic (exact) mass is 302 g/mol. The molecule has 21 heavy (non-hydrogen) atoms. The highest BCUT2D eigenvalue weighted by atomic mass is 32.2. The third-order valence-electron chi connectivity index (χ3n) is 3.60. The summed E-state index contributed by atoms with van der Waals surface area (Å²) in [6, 6.07) is 19.0. The standard InChI is InChI=1S/C18H22O2S/c1-2-3-14-21(20)15-18(19,16-10-6-4-7-11-16)17-12-8-5-9-13-17/h4-13,19H,2-3,14-15H2,1H3. The van der Waals surface area contributed by atoms with Crippen LogP contribution < -0.4 is 0 Å². The Labute approximate surface area is 129 Å². The highest BCUT2D eigenvalue weighted by Crippen LogP contribution is 2.30. The van der Waals surface area contributed by atoms with E-state index in [1.165, 1.54) is 0 Å². The molecule has 0 aliphatic carbocycles. The Morgan fingerprint density at radius 1 is 0.952 bits per heavy atom. The molecule has 2 nitrogen and oxygen atoms in total. The third-order valence-corrected chi connectivity index (χ3v) is 5.08. The van der Waals surface area contributed by atoms with Gasteiger partial charge in [0.15, 0.2) is 0 Å². The van der Waals surface area contributed by atoms with Crippen LogP contribution in [0.25, 0.3) is 0 Å². The van der Waals surface area contributed by atoms with Crippen LogP contribution in [0, 0.1) is 0 Å². The molecule has 0 aliphatic heterocycles. The molecule has 0 saturated carbocycles. The van der Waals surface area contributed by atoms with Crippen molar-refractivity contribution in [2.75, 3.05) is 11.5 Å². The van der Waals surface area contributed by atoms with Crippen LogP contribution in [0.2, 0.25) is 0 Å². The zero-order valence-electron chi connectivity index (χ0n) is 12.4. The second-order valence-corrected chi connectivity index (χ2v) is 6.81. The molecule has 2 aromatic carbocycles. The lowest BCUT2D eigenvalue weighted by molar-refractivity contribution is 0.106. The summed E-state index contributed by atoms with van der Waals surface area (Å²) in [5.41, 5.74) is 0.392. The van der Waals surface area contributed by atoms with Crippen LogP contribution in [-0.4, -0.2) is 20.8 Å². The second-order valence-electron chi connectivity index (χ2n) is 5.23. The zero-order chi connectivity index (χ0) is 15.1. The third kappa shape index (κ3) is 4.02. The Balaban J connectivity index is 2.33. The van der Waals surface area contributed by atoms with Crippen molar-refractivity contribution < 1.29 is 9.32 Å². The van der Waals surface area contributed by atoms with Gasteiger partial charge in [0, 0.05) is 16.6 Å². The summed E-state index contributed by atoms with van der Waals surface area (Å²) in [6.45, 7) is 2.08. The predicted molar refractivity (Wildman–Crippen MR) is 88.7 cm³/mol. The molecule has 1 atom stereocenters. The van der Waals surface area contributed by atoms with E-state index in [-0.39, 0.29) is 5.75 Å². The van der Waals surface area contributed by atoms with E-state index in [0.29, 0.717) is 5.75 Å². The molecular formula is C18H22O2S. The van der Waals surface area contributed by atoms with E-state index < -0.39 is 16.4 Å². The minimum Gasteiger partial charge on any atom is -0.379 e. The Morgan fingerprint density at radius 2 is 1.43 bits per heavy atom. The molecule has 112 valence electrons. The van der Waals surface area contributed by atoms with Gasteiger partial charge in [0.2, 0.25) is 0 Å². The fourth-order valence-corrected chi connectivity index (χ4v) is 3.93. The van der Waals surface area contributed by atoms with Crippen molar-refractivity contribution in [3.8, 4) is 0 Å². The highest BCUT2D eigenvalue weighted by Gasteiger charge is 2.33. The largest absolute Gasteiger partial charge is 0.379 e. The van der Waals surface area contributed by atoms with Gasteiger partial charge in [-0.15, -0.1) is 0 Å². The lowest BCUT2D eigenvalue weighted by Crippen LogP contribution is -2.34. The van der Waals surface area contributed by atoms with Crippen LogP contribution in [0.5, 0.6) is 0 Å². The predicted octanol–water partition coefficient (Wildman–Crippen LogP) is 3.47. The zero-order valence-corrected chi connectivity index (χ0v) is 13.2. The minimum absolute atomic E-state index is 0.237. The molecule has 0 aromatic heterocycles. The topological polar surface area (TPSA) is 37.3 Å². The van der Waals surface area contributed by atoms with E-state index in [0.717, 1.165) is 24.0 Å². The first-order valence-corrected chi connectivity index (χ1v) is 8.84. The molecule has 0 amide bonds. The fourth-order valence-electron chi connectivity index (χ4n) is 2.37. The Morgan fingerprint density at radius 3 is 1.86 bits per heavy atom. The number of unbranched alkanes of at least 4 members (excludes halogenated alkanes) is 1. The van der Waals surface area contributed by atoms with Crippen molar-refractivity contribution >= 4 is 10.8 Å². The Kier molecular flexibility index (Phi) is 5.71. The van der Waals surface area contributed by atoms with Crippen LogP contribution in [0.15, 0.2) is 60.7 Å². The van der Waals surface area contributed by atoms with Crippen LogP contribution in [0.1, 0.15) is 30.9 Å². The second kappa shape index (κ2) is 7.53. The first-order chi connectivity index (χ1) is 10.2. The average Bonchev–Trinajstić information content (AvgIpc) is 2.54. The first kappa shape index (κ1) is 15.9. The van der Waals surface area contributed by atoms with Gasteiger partial charge in [-0.1, -0.05) is 74.0 Å². The van der Waals surface area contributed by atoms with E-state index in [9.17, 15) is 9.32 Å². The lowest BCUT2D eigenvalue weighted by Gasteiger charge is -2.29. The van der Waals surface area contributed by atoms with Crippen molar-refractivity contribution in [1.82, 2.24) is 0 Å². The molecule has 0 saturated heterocycles. The molecule has 3 heteroatoms. The van der Waals surface area contributed by atoms with E-state index in [2.05, 4.69) is 6.92 Å². The van der Waals surface area contributed by atoms with E-state index in [1.807, 2.05) is 60.7 Å². The average molecular weight is 302 g/mol. The number of hydrogen-bond donors (Lipinski definition) is 1. The maximum atomic E-state index is 12.3. The molecule has 0 heterocycles. The summed E-state index contributed by atoms with van der Waals surface area (Å²) in [5.74, 6) is 0.875. The summed E-state index contributed by atoms with van der Waals surface area (Å²) >= 11 is 0. The number of hydrogen-bond acceptors (Lipinski definition) is 2. The van der Waals surface area contributed by atoms with Gasteiger partial charge in [-0.05, 0) is 17.5 Å². The molecule has 0 bridgehead atoms. The van der Waals surface area contributed by atoms with Crippen LogP contribution in [0.3, 0.4) is 0 Å². The van der Waals surface area contributed by atoms with Gasteiger partial charge in [0.25, 0.3) is 0 Å². The Bertz CT molecular complexity index is 527. The van der Waals surface area contributed by atoms with Crippen molar-refractivity contribution in [3.63, 3.8) is 0 Å². The summed E-state index contributed by atoms with van der Waals surface area (Å²) in [5, 5.41) is 11.2. The molecule has 0 aliphatic rings. The van der Waals surface area contributed by atoms with Crippen molar-refractivity contribution in [1.29, 1.82) is 0 Å². The van der Waals surface area contributed by atoms with Crippen molar-refractivity contribution in [2.45, 2.75) is 25.4 Å². The Hall–Kier alpha value is -1.45. The smallest absolute Gasteiger partial charge is 0.126 e. The van der Waals surface area contributed by atoms with E-state index in [1.54, 1.807) is 0 Å². The fraction of sp³-hybridized carbons (Fsp3) is 0.333. The summed E-state index contributed by atoms with van der Waals surface area (Å²) in [6.07, 6.45) is 1.94. The van der Waals surface area contributed by atoms with Gasteiger partial charge < -0.3 is 5.11 Å². The van der Waals surface area contributed by atoms with Gasteiger partial charge >= 0.3 is 0 Å². The van der Waals surface area contributed by atoms with Crippen molar-refractivity contribution in [3.05, 3.63) is 71.8 Å². The quantitative estimate of drug-likeness (QED) is 0.850. The molecule has 2 aromatic rings. The molecule has 0 radical (unpaired) electrons. The maximum Gasteiger partial charge on any atom is 0.126 e.